The lowest BCUT2D eigenvalue weighted by Crippen LogP contribution is -2.40. The summed E-state index contributed by atoms with van der Waals surface area (Å²) in [5, 5.41) is 0. The highest BCUT2D eigenvalue weighted by atomic mass is 32.2. The summed E-state index contributed by atoms with van der Waals surface area (Å²) in [6.07, 6.45) is 2.25. The number of hydrogen-bond acceptors (Lipinski definition) is 3. The third-order valence-electron chi connectivity index (χ3n) is 6.15. The normalized spacial score (nSPS) is 26.1. The topological polar surface area (TPSA) is 66.5 Å². The van der Waals surface area contributed by atoms with Crippen molar-refractivity contribution in [2.24, 2.45) is 5.41 Å². The molecule has 1 heterocycles. The maximum atomic E-state index is 14.4. The van der Waals surface area contributed by atoms with Crippen LogP contribution in [0, 0.1) is 17.0 Å². The zero-order chi connectivity index (χ0) is 21.7. The van der Waals surface area contributed by atoms with Crippen LogP contribution in [0.15, 0.2) is 42.5 Å². The van der Waals surface area contributed by atoms with Gasteiger partial charge in [-0.05, 0) is 42.0 Å². The number of halogens is 2. The summed E-state index contributed by atoms with van der Waals surface area (Å²) in [6, 6.07) is 10.5. The zero-order valence-corrected chi connectivity index (χ0v) is 17.7. The molecular formula is C22H24F2N2O3S. The number of hydrogen-bond donors (Lipinski definition) is 1. The molecule has 1 saturated heterocycles. The van der Waals surface area contributed by atoms with E-state index in [1.165, 1.54) is 18.2 Å². The van der Waals surface area contributed by atoms with Gasteiger partial charge in [-0.3, -0.25) is 4.79 Å². The number of rotatable bonds is 5. The highest BCUT2D eigenvalue weighted by Gasteiger charge is 2.59. The predicted molar refractivity (Wildman–Crippen MR) is 110 cm³/mol. The summed E-state index contributed by atoms with van der Waals surface area (Å²) in [5.74, 6) is -1.47. The maximum absolute atomic E-state index is 14.4. The van der Waals surface area contributed by atoms with Crippen LogP contribution in [-0.4, -0.2) is 44.6 Å². The molecule has 1 aliphatic heterocycles. The molecule has 0 radical (unpaired) electrons. The Morgan fingerprint density at radius 1 is 1.13 bits per heavy atom. The van der Waals surface area contributed by atoms with E-state index in [1.807, 2.05) is 19.1 Å². The van der Waals surface area contributed by atoms with E-state index in [0.29, 0.717) is 31.5 Å². The second-order valence-corrected chi connectivity index (χ2v) is 10.3. The molecular weight excluding hydrogens is 410 g/mol. The Morgan fingerprint density at radius 2 is 1.80 bits per heavy atom. The number of carbonyl (C=O) groups excluding carboxylic acids is 1. The first kappa shape index (κ1) is 20.9. The van der Waals surface area contributed by atoms with Crippen molar-refractivity contribution in [3.63, 3.8) is 0 Å². The van der Waals surface area contributed by atoms with Gasteiger partial charge in [0, 0.05) is 19.1 Å². The molecule has 5 nitrogen and oxygen atoms in total. The third-order valence-corrected chi connectivity index (χ3v) is 6.91. The molecule has 4 rings (SSSR count). The van der Waals surface area contributed by atoms with Crippen LogP contribution in [0.3, 0.4) is 0 Å². The van der Waals surface area contributed by atoms with Gasteiger partial charge in [0.1, 0.15) is 11.6 Å². The van der Waals surface area contributed by atoms with E-state index < -0.39 is 27.1 Å². The fraction of sp³-hybridized carbons (Fsp3) is 0.409. The van der Waals surface area contributed by atoms with Crippen molar-refractivity contribution >= 4 is 15.9 Å². The first-order valence-corrected chi connectivity index (χ1v) is 11.8. The molecule has 0 bridgehead atoms. The summed E-state index contributed by atoms with van der Waals surface area (Å²) < 4.78 is 54.3. The van der Waals surface area contributed by atoms with Gasteiger partial charge in [-0.25, -0.2) is 21.9 Å². The van der Waals surface area contributed by atoms with Gasteiger partial charge in [0.15, 0.2) is 0 Å². The van der Waals surface area contributed by atoms with E-state index in [2.05, 4.69) is 4.72 Å². The first-order chi connectivity index (χ1) is 14.1. The van der Waals surface area contributed by atoms with Crippen molar-refractivity contribution < 1.29 is 22.0 Å². The molecule has 2 aromatic carbocycles. The van der Waals surface area contributed by atoms with Crippen LogP contribution in [0.2, 0.25) is 0 Å². The number of carbonyl (C=O) groups is 1. The van der Waals surface area contributed by atoms with Crippen LogP contribution >= 0.6 is 0 Å². The van der Waals surface area contributed by atoms with Crippen molar-refractivity contribution in [2.75, 3.05) is 19.3 Å². The Balaban J connectivity index is 1.57. The van der Waals surface area contributed by atoms with E-state index in [1.54, 1.807) is 17.0 Å². The van der Waals surface area contributed by atoms with E-state index in [-0.39, 0.29) is 23.4 Å². The molecule has 1 aliphatic carbocycles. The molecule has 2 aromatic rings. The van der Waals surface area contributed by atoms with Crippen LogP contribution in [0.25, 0.3) is 11.1 Å². The average Bonchev–Trinajstić information content (AvgIpc) is 3.15. The Bertz CT molecular complexity index is 1090. The Labute approximate surface area is 175 Å². The van der Waals surface area contributed by atoms with Gasteiger partial charge >= 0.3 is 0 Å². The summed E-state index contributed by atoms with van der Waals surface area (Å²) in [4.78, 5) is 14.9. The molecule has 8 heteroatoms. The number of sulfonamides is 1. The standard InChI is InChI=1S/C22H24F2N2O3S/c1-22(21(27)26-11-10-14(13-26)25-30(2,28)29)12-17(22)15-6-3-4-7-16(15)20-18(23)8-5-9-19(20)24/h3-9,14,17,25H,10-13H2,1-2H3/t14-,17+,22-/m0/s1. The Morgan fingerprint density at radius 3 is 2.47 bits per heavy atom. The summed E-state index contributed by atoms with van der Waals surface area (Å²) in [6.45, 7) is 2.68. The summed E-state index contributed by atoms with van der Waals surface area (Å²) in [5.41, 5.74) is 0.473. The fourth-order valence-corrected chi connectivity index (χ4v) is 5.34. The minimum atomic E-state index is -3.33. The SMILES string of the molecule is C[C@]1(C(=O)N2CC[C@H](NS(C)(=O)=O)C2)C[C@@H]1c1ccccc1-c1c(F)cccc1F. The molecule has 160 valence electrons. The highest BCUT2D eigenvalue weighted by Crippen LogP contribution is 2.61. The van der Waals surface area contributed by atoms with Gasteiger partial charge in [-0.15, -0.1) is 0 Å². The van der Waals surface area contributed by atoms with Gasteiger partial charge in [-0.1, -0.05) is 37.3 Å². The average molecular weight is 435 g/mol. The third kappa shape index (κ3) is 3.86. The fourth-order valence-electron chi connectivity index (χ4n) is 4.54. The van der Waals surface area contributed by atoms with Gasteiger partial charge in [0.25, 0.3) is 0 Å². The Hall–Kier alpha value is -2.32. The summed E-state index contributed by atoms with van der Waals surface area (Å²) in [7, 11) is -3.33. The van der Waals surface area contributed by atoms with Crippen molar-refractivity contribution in [3.05, 3.63) is 59.7 Å². The zero-order valence-electron chi connectivity index (χ0n) is 16.9. The van der Waals surface area contributed by atoms with Crippen molar-refractivity contribution in [1.82, 2.24) is 9.62 Å². The molecule has 0 spiro atoms. The van der Waals surface area contributed by atoms with E-state index >= 15 is 0 Å². The number of likely N-dealkylation sites (tertiary alicyclic amines) is 1. The van der Waals surface area contributed by atoms with Crippen LogP contribution in [-0.2, 0) is 14.8 Å². The highest BCUT2D eigenvalue weighted by molar-refractivity contribution is 7.88. The molecule has 0 aromatic heterocycles. The van der Waals surface area contributed by atoms with E-state index in [9.17, 15) is 22.0 Å². The lowest BCUT2D eigenvalue weighted by molar-refractivity contribution is -0.135. The molecule has 1 amide bonds. The molecule has 3 atom stereocenters. The van der Waals surface area contributed by atoms with Crippen LogP contribution < -0.4 is 4.72 Å². The molecule has 30 heavy (non-hydrogen) atoms. The lowest BCUT2D eigenvalue weighted by atomic mass is 9.92. The minimum Gasteiger partial charge on any atom is -0.341 e. The van der Waals surface area contributed by atoms with Crippen LogP contribution in [0.5, 0.6) is 0 Å². The molecule has 0 unspecified atom stereocenters. The molecule has 2 aliphatic rings. The van der Waals surface area contributed by atoms with Gasteiger partial charge in [0.05, 0.1) is 17.2 Å². The van der Waals surface area contributed by atoms with E-state index in [4.69, 9.17) is 0 Å². The largest absolute Gasteiger partial charge is 0.341 e. The van der Waals surface area contributed by atoms with Crippen LogP contribution in [0.4, 0.5) is 8.78 Å². The molecule has 2 fully saturated rings. The van der Waals surface area contributed by atoms with Crippen molar-refractivity contribution in [3.8, 4) is 11.1 Å². The van der Waals surface area contributed by atoms with Gasteiger partial charge < -0.3 is 4.90 Å². The number of amides is 1. The quantitative estimate of drug-likeness (QED) is 0.786. The number of nitrogens with one attached hydrogen (secondary N) is 1. The number of nitrogens with zero attached hydrogens (tertiary/aromatic N) is 1. The second kappa shape index (κ2) is 7.42. The second-order valence-electron chi connectivity index (χ2n) is 8.48. The van der Waals surface area contributed by atoms with E-state index in [0.717, 1.165) is 11.8 Å². The van der Waals surface area contributed by atoms with Crippen molar-refractivity contribution in [1.29, 1.82) is 0 Å². The summed E-state index contributed by atoms with van der Waals surface area (Å²) >= 11 is 0. The maximum Gasteiger partial charge on any atom is 0.229 e. The monoisotopic (exact) mass is 434 g/mol. The number of benzene rings is 2. The van der Waals surface area contributed by atoms with Gasteiger partial charge in [0.2, 0.25) is 15.9 Å². The van der Waals surface area contributed by atoms with Gasteiger partial charge in [-0.2, -0.15) is 0 Å². The molecule has 1 saturated carbocycles. The minimum absolute atomic E-state index is 0.0471. The molecule has 1 N–H and O–H groups in total. The van der Waals surface area contributed by atoms with Crippen LogP contribution in [0.1, 0.15) is 31.2 Å². The lowest BCUT2D eigenvalue weighted by Gasteiger charge is -2.22. The smallest absolute Gasteiger partial charge is 0.229 e. The first-order valence-electron chi connectivity index (χ1n) is 9.90. The predicted octanol–water partition coefficient (Wildman–Crippen LogP) is 3.28. The Kier molecular flexibility index (Phi) is 5.18. The van der Waals surface area contributed by atoms with Crippen molar-refractivity contribution in [2.45, 2.75) is 31.7 Å².